The molecule has 0 unspecified atom stereocenters. The zero-order valence-electron chi connectivity index (χ0n) is 14.5. The number of aliphatic hydroxyl groups excluding tert-OH is 1. The molecular weight excluding hydrogens is 307 g/mol. The van der Waals surface area contributed by atoms with Gasteiger partial charge in [0.05, 0.1) is 18.4 Å². The summed E-state index contributed by atoms with van der Waals surface area (Å²) in [6.45, 7) is 7.63. The van der Waals surface area contributed by atoms with Gasteiger partial charge in [-0.2, -0.15) is 0 Å². The monoisotopic (exact) mass is 334 g/mol. The van der Waals surface area contributed by atoms with Gasteiger partial charge in [0.2, 0.25) is 0 Å². The van der Waals surface area contributed by atoms with Crippen molar-refractivity contribution in [3.8, 4) is 12.3 Å². The van der Waals surface area contributed by atoms with Gasteiger partial charge in [-0.1, -0.05) is 25.0 Å². The van der Waals surface area contributed by atoms with Crippen LogP contribution in [0.25, 0.3) is 0 Å². The van der Waals surface area contributed by atoms with E-state index in [2.05, 4.69) is 10.8 Å². The maximum absolute atomic E-state index is 13.8. The molecule has 1 saturated heterocycles. The number of β-amino-alcohol motifs (C(OH)–C–C–N with tert-alkyl or cyclic N) is 1. The Hall–Kier alpha value is -1.61. The number of nitrogens with zero attached hydrogens (tertiary/aromatic N) is 2. The van der Waals surface area contributed by atoms with Gasteiger partial charge in [-0.3, -0.25) is 4.90 Å². The van der Waals surface area contributed by atoms with E-state index in [1.807, 2.05) is 24.8 Å². The molecule has 5 heteroatoms. The minimum absolute atomic E-state index is 0.187. The lowest BCUT2D eigenvalue weighted by molar-refractivity contribution is -0.0473. The SMILES string of the molecule is C#C[C@@](C)(CC)OC[C@H](O)CN1CCN(c2ccccc2F)CC1. The number of anilines is 1. The summed E-state index contributed by atoms with van der Waals surface area (Å²) in [5, 5.41) is 10.2. The molecule has 4 nitrogen and oxygen atoms in total. The normalized spacial score (nSPS) is 19.5. The molecule has 1 N–H and O–H groups in total. The number of rotatable bonds is 7. The van der Waals surface area contributed by atoms with E-state index in [1.54, 1.807) is 12.1 Å². The highest BCUT2D eigenvalue weighted by atomic mass is 19.1. The second-order valence-corrected chi connectivity index (χ2v) is 6.43. The van der Waals surface area contributed by atoms with Gasteiger partial charge in [0, 0.05) is 32.7 Å². The topological polar surface area (TPSA) is 35.9 Å². The Kier molecular flexibility index (Phi) is 6.61. The second kappa shape index (κ2) is 8.48. The van der Waals surface area contributed by atoms with Gasteiger partial charge >= 0.3 is 0 Å². The molecule has 0 saturated carbocycles. The van der Waals surface area contributed by atoms with Crippen molar-refractivity contribution in [1.29, 1.82) is 0 Å². The lowest BCUT2D eigenvalue weighted by Crippen LogP contribution is -2.49. The summed E-state index contributed by atoms with van der Waals surface area (Å²) in [7, 11) is 0. The Labute approximate surface area is 144 Å². The molecule has 132 valence electrons. The Bertz CT molecular complexity index is 567. The molecule has 0 aliphatic carbocycles. The number of hydrogen-bond donors (Lipinski definition) is 1. The van der Waals surface area contributed by atoms with Gasteiger partial charge in [0.15, 0.2) is 0 Å². The van der Waals surface area contributed by atoms with Gasteiger partial charge in [-0.05, 0) is 25.5 Å². The van der Waals surface area contributed by atoms with Crippen molar-refractivity contribution in [2.75, 3.05) is 44.2 Å². The highest BCUT2D eigenvalue weighted by Gasteiger charge is 2.24. The third kappa shape index (κ3) is 4.94. The summed E-state index contributed by atoms with van der Waals surface area (Å²) < 4.78 is 19.5. The molecule has 0 spiro atoms. The van der Waals surface area contributed by atoms with Crippen molar-refractivity contribution in [3.63, 3.8) is 0 Å². The molecule has 1 aliphatic rings. The molecule has 1 fully saturated rings. The Balaban J connectivity index is 1.77. The first-order chi connectivity index (χ1) is 11.5. The van der Waals surface area contributed by atoms with Gasteiger partial charge in [-0.25, -0.2) is 4.39 Å². The van der Waals surface area contributed by atoms with Crippen molar-refractivity contribution in [1.82, 2.24) is 4.90 Å². The van der Waals surface area contributed by atoms with Gasteiger partial charge in [0.1, 0.15) is 11.4 Å². The summed E-state index contributed by atoms with van der Waals surface area (Å²) in [5.74, 6) is 2.44. The van der Waals surface area contributed by atoms with E-state index in [-0.39, 0.29) is 12.4 Å². The summed E-state index contributed by atoms with van der Waals surface area (Å²) >= 11 is 0. The Morgan fingerprint density at radius 1 is 1.33 bits per heavy atom. The predicted molar refractivity (Wildman–Crippen MR) is 94.5 cm³/mol. The maximum atomic E-state index is 13.8. The van der Waals surface area contributed by atoms with E-state index in [0.717, 1.165) is 26.2 Å². The summed E-state index contributed by atoms with van der Waals surface area (Å²) in [6.07, 6.45) is 5.59. The van der Waals surface area contributed by atoms with E-state index in [4.69, 9.17) is 11.2 Å². The minimum atomic E-state index is -0.621. The van der Waals surface area contributed by atoms with E-state index in [1.165, 1.54) is 6.07 Å². The molecule has 1 heterocycles. The quantitative estimate of drug-likeness (QED) is 0.775. The molecule has 2 rings (SSSR count). The van der Waals surface area contributed by atoms with E-state index in [0.29, 0.717) is 18.7 Å². The molecule has 2 atom stereocenters. The summed E-state index contributed by atoms with van der Waals surface area (Å²) in [4.78, 5) is 4.21. The summed E-state index contributed by atoms with van der Waals surface area (Å²) in [5.41, 5.74) is 0.0265. The molecule has 1 aromatic carbocycles. The van der Waals surface area contributed by atoms with Crippen LogP contribution in [-0.2, 0) is 4.74 Å². The molecule has 0 aromatic heterocycles. The van der Waals surface area contributed by atoms with Crippen LogP contribution >= 0.6 is 0 Å². The third-order valence-electron chi connectivity index (χ3n) is 4.61. The van der Waals surface area contributed by atoms with Crippen LogP contribution < -0.4 is 4.90 Å². The van der Waals surface area contributed by atoms with Gasteiger partial charge in [0.25, 0.3) is 0 Å². The third-order valence-corrected chi connectivity index (χ3v) is 4.61. The maximum Gasteiger partial charge on any atom is 0.146 e. The number of benzene rings is 1. The van der Waals surface area contributed by atoms with Crippen LogP contribution in [0.15, 0.2) is 24.3 Å². The van der Waals surface area contributed by atoms with Crippen molar-refractivity contribution in [3.05, 3.63) is 30.1 Å². The lowest BCUT2D eigenvalue weighted by atomic mass is 10.1. The summed E-state index contributed by atoms with van der Waals surface area (Å²) in [6, 6.07) is 6.84. The van der Waals surface area contributed by atoms with Crippen LogP contribution in [0.2, 0.25) is 0 Å². The average molecular weight is 334 g/mol. The van der Waals surface area contributed by atoms with Crippen molar-refractivity contribution in [2.24, 2.45) is 0 Å². The molecular formula is C19H27FN2O2. The molecule has 24 heavy (non-hydrogen) atoms. The second-order valence-electron chi connectivity index (χ2n) is 6.43. The van der Waals surface area contributed by atoms with Crippen molar-refractivity contribution >= 4 is 5.69 Å². The first-order valence-electron chi connectivity index (χ1n) is 8.49. The van der Waals surface area contributed by atoms with Crippen LogP contribution in [0.1, 0.15) is 20.3 Å². The van der Waals surface area contributed by atoms with Crippen LogP contribution in [-0.4, -0.2) is 61.0 Å². The number of piperazine rings is 1. The fourth-order valence-corrected chi connectivity index (χ4v) is 2.76. The highest BCUT2D eigenvalue weighted by molar-refractivity contribution is 5.47. The fraction of sp³-hybridized carbons (Fsp3) is 0.579. The molecule has 0 radical (unpaired) electrons. The van der Waals surface area contributed by atoms with Gasteiger partial charge < -0.3 is 14.7 Å². The van der Waals surface area contributed by atoms with E-state index >= 15 is 0 Å². The van der Waals surface area contributed by atoms with Crippen LogP contribution in [0, 0.1) is 18.2 Å². The Morgan fingerprint density at radius 2 is 2.00 bits per heavy atom. The zero-order chi connectivity index (χ0) is 17.6. The molecule has 1 aliphatic heterocycles. The first kappa shape index (κ1) is 18.7. The minimum Gasteiger partial charge on any atom is -0.389 e. The smallest absolute Gasteiger partial charge is 0.146 e. The number of ether oxygens (including phenoxy) is 1. The number of halogens is 1. The standard InChI is InChI=1S/C19H27FN2O2/c1-4-19(3,5-2)24-15-16(23)14-21-10-12-22(13-11-21)18-9-7-6-8-17(18)20/h1,6-9,16,23H,5,10-15H2,2-3H3/t16-,19+/m1/s1. The van der Waals surface area contributed by atoms with Gasteiger partial charge in [-0.15, -0.1) is 6.42 Å². The molecule has 0 bridgehead atoms. The first-order valence-corrected chi connectivity index (χ1v) is 8.49. The number of hydrogen-bond acceptors (Lipinski definition) is 4. The van der Waals surface area contributed by atoms with Crippen molar-refractivity contribution in [2.45, 2.75) is 32.0 Å². The molecule has 1 aromatic rings. The largest absolute Gasteiger partial charge is 0.389 e. The molecule has 0 amide bonds. The fourth-order valence-electron chi connectivity index (χ4n) is 2.76. The zero-order valence-corrected chi connectivity index (χ0v) is 14.5. The number of terminal acetylenes is 1. The van der Waals surface area contributed by atoms with Crippen molar-refractivity contribution < 1.29 is 14.2 Å². The van der Waals surface area contributed by atoms with E-state index < -0.39 is 11.7 Å². The predicted octanol–water partition coefficient (Wildman–Crippen LogP) is 2.13. The van der Waals surface area contributed by atoms with E-state index in [9.17, 15) is 9.50 Å². The van der Waals surface area contributed by atoms with Crippen LogP contribution in [0.4, 0.5) is 10.1 Å². The lowest BCUT2D eigenvalue weighted by Gasteiger charge is -2.37. The number of aliphatic hydroxyl groups is 1. The average Bonchev–Trinajstić information content (AvgIpc) is 2.61. The highest BCUT2D eigenvalue weighted by Crippen LogP contribution is 2.20. The van der Waals surface area contributed by atoms with Crippen LogP contribution in [0.5, 0.6) is 0 Å². The number of para-hydroxylation sites is 1. The Morgan fingerprint density at radius 3 is 2.58 bits per heavy atom. The van der Waals surface area contributed by atoms with Crippen LogP contribution in [0.3, 0.4) is 0 Å².